The quantitative estimate of drug-likeness (QED) is 0.155. The Morgan fingerprint density at radius 1 is 0.344 bits per heavy atom. The van der Waals surface area contributed by atoms with E-state index in [4.69, 9.17) is 26.0 Å². The van der Waals surface area contributed by atoms with Crippen molar-refractivity contribution in [2.45, 2.75) is 5.41 Å². The highest BCUT2D eigenvalue weighted by atomic mass is 32.1. The average Bonchev–Trinajstić information content (AvgIpc) is 1.49. The van der Waals surface area contributed by atoms with Crippen LogP contribution in [0.1, 0.15) is 75.7 Å². The van der Waals surface area contributed by atoms with Crippen molar-refractivity contribution >= 4 is 59.3 Å². The highest BCUT2D eigenvalue weighted by Crippen LogP contribution is 2.57. The standard InChI is InChI=1S/C59H39NS/c1-4-15-40(16-5-1)41-27-32-46(33-28-41)60(47-34-29-43(30-35-47)50-24-14-25-53-54-37-31-42-17-10-11-22-49(42)58(54)61-57(50)53)48-36-38-52-51-23-12-13-26-55(51)59(56(52)39-48,44-18-6-2-7-19-44)45-20-8-3-9-21-45/h1-39H/i1D,2D,3D,4D,5D,6D,7D,8D,9D,10D,11D,12D,13D,14D,15D,16D,17D,18D,19D,20D,21D,22D,23D,24D,25D,26D,27D,28D,29D,30D,31D,32D,33D,34D,35D,36D,37D,38D,39D. The van der Waals surface area contributed by atoms with Crippen LogP contribution in [0.4, 0.5) is 17.1 Å². The van der Waals surface area contributed by atoms with Gasteiger partial charge in [0.2, 0.25) is 0 Å². The Labute approximate surface area is 414 Å². The number of fused-ring (bicyclic) bond motifs is 8. The molecule has 0 amide bonds. The lowest BCUT2D eigenvalue weighted by atomic mass is 9.67. The van der Waals surface area contributed by atoms with Crippen LogP contribution >= 0.6 is 11.3 Å². The summed E-state index contributed by atoms with van der Waals surface area (Å²) < 4.78 is 361. The summed E-state index contributed by atoms with van der Waals surface area (Å²) in [6, 6.07) is -45.5. The zero-order valence-electron chi connectivity index (χ0n) is 69.4. The van der Waals surface area contributed by atoms with E-state index in [0.29, 0.717) is 11.3 Å². The van der Waals surface area contributed by atoms with E-state index in [1.54, 1.807) is 0 Å². The maximum Gasteiger partial charge on any atom is 0.0714 e. The van der Waals surface area contributed by atoms with Gasteiger partial charge in [0, 0.05) is 37.2 Å². The average molecular weight is 833 g/mol. The molecule has 286 valence electrons. The minimum atomic E-state index is -3.56. The van der Waals surface area contributed by atoms with E-state index in [1.807, 2.05) is 0 Å². The summed E-state index contributed by atoms with van der Waals surface area (Å²) in [5.74, 6) is 0. The second kappa shape index (κ2) is 14.3. The van der Waals surface area contributed by atoms with Crippen LogP contribution in [-0.2, 0) is 5.41 Å². The van der Waals surface area contributed by atoms with Crippen molar-refractivity contribution in [3.63, 3.8) is 0 Å². The molecule has 10 aromatic carbocycles. The van der Waals surface area contributed by atoms with E-state index in [0.717, 1.165) is 0 Å². The van der Waals surface area contributed by atoms with Crippen LogP contribution in [0.3, 0.4) is 0 Å². The molecule has 0 unspecified atom stereocenters. The zero-order valence-corrected chi connectivity index (χ0v) is 31.2. The molecule has 1 aliphatic rings. The SMILES string of the molecule is [2H]c1c([2H])c([2H])c(-c2c([2H])c([2H])c(N(c3c([2H])c([2H])c(-c4c([2H])c([2H])c([2H])c5c4sc4c6c([2H])c([2H])c([2H])c([2H])c6c([2H])c([2H])c45)c([2H])c3[2H])c3c([2H])c([2H])c4c(c3[2H])C(c3c([2H])c([2H])c([2H])c([2H])c3[2H])(c3c([2H])c([2H])c([2H])c([2H])c3[2H])c3c([2H])c([2H])c([2H])c([2H])c3-4)c([2H])c2[2H])c([2H])c1[2H]. The first-order valence-corrected chi connectivity index (χ1v) is 18.6. The summed E-state index contributed by atoms with van der Waals surface area (Å²) in [5.41, 5.74) is -18.1. The van der Waals surface area contributed by atoms with Gasteiger partial charge in [-0.15, -0.1) is 11.3 Å². The van der Waals surface area contributed by atoms with Crippen molar-refractivity contribution in [1.29, 1.82) is 0 Å². The molecule has 0 saturated carbocycles. The Bertz CT molecular complexity index is 5520. The largest absolute Gasteiger partial charge is 0.310 e. The molecule has 0 radical (unpaired) electrons. The molecule has 0 atom stereocenters. The number of rotatable bonds is 7. The lowest BCUT2D eigenvalue weighted by Gasteiger charge is -2.35. The first kappa shape index (κ1) is 13.8. The van der Waals surface area contributed by atoms with E-state index in [-0.39, 0.29) is 20.4 Å². The molecule has 0 fully saturated rings. The summed E-state index contributed by atoms with van der Waals surface area (Å²) >= 11 is 0.507. The molecular formula is C59H39NS. The molecule has 12 rings (SSSR count). The van der Waals surface area contributed by atoms with Gasteiger partial charge in [0.25, 0.3) is 0 Å². The molecule has 0 bridgehead atoms. The van der Waals surface area contributed by atoms with Gasteiger partial charge in [0.15, 0.2) is 0 Å². The maximum absolute atomic E-state index is 10.7. The molecule has 1 aliphatic carbocycles. The minimum absolute atomic E-state index is 0.174. The third kappa shape index (κ3) is 5.60. The van der Waals surface area contributed by atoms with E-state index >= 15 is 0 Å². The Balaban J connectivity index is 1.33. The summed E-state index contributed by atoms with van der Waals surface area (Å²) in [6.07, 6.45) is 0. The van der Waals surface area contributed by atoms with Gasteiger partial charge in [0.05, 0.1) is 58.9 Å². The minimum Gasteiger partial charge on any atom is -0.310 e. The number of anilines is 3. The van der Waals surface area contributed by atoms with Gasteiger partial charge in [-0.3, -0.25) is 0 Å². The lowest BCUT2D eigenvalue weighted by molar-refractivity contribution is 0.768. The van der Waals surface area contributed by atoms with Crippen LogP contribution in [0.15, 0.2) is 236 Å². The molecule has 61 heavy (non-hydrogen) atoms. The van der Waals surface area contributed by atoms with Gasteiger partial charge in [-0.05, 0) is 103 Å². The Morgan fingerprint density at radius 2 is 0.869 bits per heavy atom. The molecule has 2 heteroatoms. The maximum atomic E-state index is 10.7. The third-order valence-corrected chi connectivity index (χ3v) is 11.1. The number of nitrogens with zero attached hydrogens (tertiary/aromatic N) is 1. The Hall–Kier alpha value is -7.52. The molecule has 0 aliphatic heterocycles. The number of benzene rings is 10. The van der Waals surface area contributed by atoms with Gasteiger partial charge in [-0.2, -0.15) is 0 Å². The molecule has 0 spiro atoms. The van der Waals surface area contributed by atoms with Gasteiger partial charge in [-0.1, -0.05) is 199 Å². The number of hydrogen-bond acceptors (Lipinski definition) is 2. The van der Waals surface area contributed by atoms with Crippen LogP contribution < -0.4 is 4.90 Å². The summed E-state index contributed by atoms with van der Waals surface area (Å²) in [7, 11) is 0. The van der Waals surface area contributed by atoms with Gasteiger partial charge >= 0.3 is 0 Å². The lowest BCUT2D eigenvalue weighted by Crippen LogP contribution is -2.28. The first-order chi connectivity index (χ1) is 46.5. The van der Waals surface area contributed by atoms with Crippen LogP contribution in [0, 0.1) is 0 Å². The number of thiophene rings is 1. The van der Waals surface area contributed by atoms with Crippen LogP contribution in [0.25, 0.3) is 64.3 Å². The predicted octanol–water partition coefficient (Wildman–Crippen LogP) is 16.4. The van der Waals surface area contributed by atoms with Crippen molar-refractivity contribution in [2.75, 3.05) is 4.90 Å². The van der Waals surface area contributed by atoms with E-state index in [9.17, 15) is 27.4 Å². The molecular weight excluding hydrogens is 755 g/mol. The van der Waals surface area contributed by atoms with E-state index < -0.39 is 329 Å². The van der Waals surface area contributed by atoms with Gasteiger partial charge in [-0.25, -0.2) is 0 Å². The van der Waals surface area contributed by atoms with Crippen molar-refractivity contribution in [1.82, 2.24) is 0 Å². The fraction of sp³-hybridized carbons (Fsp3) is 0.0169. The van der Waals surface area contributed by atoms with Crippen LogP contribution in [0.5, 0.6) is 0 Å². The number of hydrogen-bond donors (Lipinski definition) is 0. The molecule has 1 heterocycles. The van der Waals surface area contributed by atoms with Gasteiger partial charge < -0.3 is 4.90 Å². The van der Waals surface area contributed by atoms with E-state index in [1.165, 1.54) is 0 Å². The fourth-order valence-electron chi connectivity index (χ4n) is 7.29. The van der Waals surface area contributed by atoms with Crippen molar-refractivity contribution < 1.29 is 53.5 Å². The fourth-order valence-corrected chi connectivity index (χ4v) is 8.52. The molecule has 1 aromatic heterocycles. The van der Waals surface area contributed by atoms with Crippen molar-refractivity contribution in [3.05, 3.63) is 258 Å². The zero-order chi connectivity index (χ0) is 74.3. The second-order valence-corrected chi connectivity index (χ2v) is 14.0. The normalized spacial score (nSPS) is 21.7. The van der Waals surface area contributed by atoms with Crippen molar-refractivity contribution in [3.8, 4) is 33.4 Å². The topological polar surface area (TPSA) is 3.24 Å². The van der Waals surface area contributed by atoms with Crippen LogP contribution in [-0.4, -0.2) is 0 Å². The predicted molar refractivity (Wildman–Crippen MR) is 260 cm³/mol. The smallest absolute Gasteiger partial charge is 0.0714 e. The highest BCUT2D eigenvalue weighted by molar-refractivity contribution is 7.27. The monoisotopic (exact) mass is 833 g/mol. The summed E-state index contributed by atoms with van der Waals surface area (Å²) in [5, 5.41) is -1.64. The molecule has 1 nitrogen and oxygen atoms in total. The summed E-state index contributed by atoms with van der Waals surface area (Å²) in [6.45, 7) is 0. The van der Waals surface area contributed by atoms with Crippen LogP contribution in [0.2, 0.25) is 0 Å². The van der Waals surface area contributed by atoms with Crippen molar-refractivity contribution in [2.24, 2.45) is 0 Å². The molecule has 0 N–H and O–H groups in total. The summed E-state index contributed by atoms with van der Waals surface area (Å²) in [4.78, 5) is 0.174. The third-order valence-electron chi connectivity index (χ3n) is 9.87. The molecule has 0 saturated heterocycles. The highest BCUT2D eigenvalue weighted by Gasteiger charge is 2.46. The Morgan fingerprint density at radius 3 is 1.59 bits per heavy atom. The molecule has 11 aromatic rings. The first-order valence-electron chi connectivity index (χ1n) is 37.3. The van der Waals surface area contributed by atoms with Gasteiger partial charge in [0.1, 0.15) is 0 Å². The second-order valence-electron chi connectivity index (χ2n) is 13.0. The van der Waals surface area contributed by atoms with E-state index in [2.05, 4.69) is 0 Å². The Kier molecular flexibility index (Phi) is 3.23.